The van der Waals surface area contributed by atoms with Crippen LogP contribution in [0.1, 0.15) is 61.1 Å². The predicted octanol–water partition coefficient (Wildman–Crippen LogP) is 14.1. The van der Waals surface area contributed by atoms with Crippen molar-refractivity contribution in [2.24, 2.45) is 0 Å². The second-order valence-corrected chi connectivity index (χ2v) is 23.3. The minimum Gasteiger partial charge on any atom is -0.497 e. The first-order valence-electron chi connectivity index (χ1n) is 27.5. The number of fused-ring (bicyclic) bond motifs is 8. The lowest BCUT2D eigenvalue weighted by Crippen LogP contribution is -2.42. The first kappa shape index (κ1) is 53.6. The highest BCUT2D eigenvalue weighted by Crippen LogP contribution is 2.39. The molecule has 0 spiro atoms. The van der Waals surface area contributed by atoms with Crippen molar-refractivity contribution in [3.8, 4) is 61.8 Å². The van der Waals surface area contributed by atoms with Crippen LogP contribution in [0, 0.1) is 0 Å². The molecule has 12 rings (SSSR count). The summed E-state index contributed by atoms with van der Waals surface area (Å²) in [5, 5.41) is 3.13. The number of hydrogen-bond acceptors (Lipinski definition) is 9. The van der Waals surface area contributed by atoms with E-state index in [1.807, 2.05) is 77.6 Å². The molecule has 0 saturated heterocycles. The second-order valence-electron chi connectivity index (χ2n) is 21.4. The van der Waals surface area contributed by atoms with Gasteiger partial charge < -0.3 is 24.8 Å². The van der Waals surface area contributed by atoms with Crippen LogP contribution < -0.4 is 19.4 Å². The molecule has 0 saturated carbocycles. The fourth-order valence-corrected chi connectivity index (χ4v) is 11.8. The molecule has 0 radical (unpaired) electrons. The largest absolute Gasteiger partial charge is 0.497 e. The number of rotatable bonds is 15. The van der Waals surface area contributed by atoms with Crippen LogP contribution in [0.4, 0.5) is 0 Å². The molecule has 0 atom stereocenters. The van der Waals surface area contributed by atoms with Gasteiger partial charge in [0.2, 0.25) is 16.4 Å². The monoisotopic (exact) mass is 1110 g/mol. The molecule has 10 aromatic rings. The van der Waals surface area contributed by atoms with Gasteiger partial charge >= 0.3 is 0 Å². The van der Waals surface area contributed by atoms with Crippen LogP contribution in [0.15, 0.2) is 205 Å². The summed E-state index contributed by atoms with van der Waals surface area (Å²) in [6, 6.07) is 49.8. The Labute approximate surface area is 481 Å². The fraction of sp³-hybridized carbons (Fsp3) is 0.130. The highest BCUT2D eigenvalue weighted by molar-refractivity contribution is 7.91. The van der Waals surface area contributed by atoms with Crippen LogP contribution in [-0.4, -0.2) is 57.9 Å². The van der Waals surface area contributed by atoms with E-state index in [0.29, 0.717) is 36.6 Å². The van der Waals surface area contributed by atoms with E-state index in [0.717, 1.165) is 100 Å². The zero-order valence-electron chi connectivity index (χ0n) is 46.3. The number of carbonyl (C=O) groups excluding carboxylic acids is 1. The van der Waals surface area contributed by atoms with E-state index >= 15 is 0 Å². The number of amides is 1. The normalized spacial score (nSPS) is 12.1. The van der Waals surface area contributed by atoms with Crippen LogP contribution >= 0.6 is 0 Å². The Morgan fingerprint density at radius 1 is 0.554 bits per heavy atom. The number of aromatic amines is 2. The molecule has 3 N–H and O–H groups in total. The fourth-order valence-electron chi connectivity index (χ4n) is 10.6. The Morgan fingerprint density at radius 2 is 1.01 bits per heavy atom. The topological polar surface area (TPSA) is 169 Å². The summed E-state index contributed by atoms with van der Waals surface area (Å²) >= 11 is 0. The lowest BCUT2D eigenvalue weighted by molar-refractivity contribution is -0.684. The standard InChI is InChI=1S/C69H58N8O5S/c1-69(2,3)50-12-29-63(82-52-15-19-54(20-16-52)83(79,80)53-17-13-51(81-4)14-18-53)49(43-50)11-8-36-72-64(78)44-77-41-34-48(35-42-77)68-61-27-25-59(75-61)66(46-30-37-70-38-31-46)57-23-21-55(73-57)65(45-9-6-5-7-10-45)56-22-24-58(74-56)67(47-32-39-71-40-33-47)60-26-28-62(68)76-60/h5-7,9-10,12-35,37-43H,8,11,36,44H2,1-4H3,(H2,72,73,74,75,76,78)/p+1. The number of H-pyrrole nitrogens is 2. The molecule has 0 fully saturated rings. The Bertz CT molecular complexity index is 4360. The van der Waals surface area contributed by atoms with Gasteiger partial charge in [-0.2, -0.15) is 4.57 Å². The molecule has 410 valence electrons. The van der Waals surface area contributed by atoms with Crippen LogP contribution in [0.3, 0.4) is 0 Å². The van der Waals surface area contributed by atoms with Crippen molar-refractivity contribution >= 4 is 62.1 Å². The highest BCUT2D eigenvalue weighted by atomic mass is 32.2. The van der Waals surface area contributed by atoms with Crippen molar-refractivity contribution in [3.05, 3.63) is 229 Å². The van der Waals surface area contributed by atoms with E-state index < -0.39 is 9.84 Å². The van der Waals surface area contributed by atoms with E-state index in [-0.39, 0.29) is 27.7 Å². The molecule has 83 heavy (non-hydrogen) atoms. The van der Waals surface area contributed by atoms with Crippen LogP contribution in [0.25, 0.3) is 90.9 Å². The zero-order valence-corrected chi connectivity index (χ0v) is 47.1. The number of aromatic nitrogens is 7. The van der Waals surface area contributed by atoms with E-state index in [2.05, 4.69) is 119 Å². The number of nitrogens with one attached hydrogen (secondary N) is 3. The summed E-state index contributed by atoms with van der Waals surface area (Å²) in [7, 11) is -2.21. The van der Waals surface area contributed by atoms with E-state index in [1.165, 1.54) is 19.2 Å². The maximum Gasteiger partial charge on any atom is 0.285 e. The minimum atomic E-state index is -3.75. The number of sulfone groups is 1. The molecular formula is C69H59N8O5S+. The van der Waals surface area contributed by atoms with Gasteiger partial charge in [0.25, 0.3) is 5.91 Å². The Hall–Kier alpha value is -10.1. The van der Waals surface area contributed by atoms with Crippen molar-refractivity contribution in [2.75, 3.05) is 13.7 Å². The van der Waals surface area contributed by atoms with Gasteiger partial charge in [-0.25, -0.2) is 18.4 Å². The van der Waals surface area contributed by atoms with Crippen molar-refractivity contribution in [1.82, 2.24) is 35.2 Å². The number of carbonyl (C=O) groups is 1. The number of benzene rings is 4. The number of nitrogens with zero attached hydrogens (tertiary/aromatic N) is 5. The number of hydrogen-bond donors (Lipinski definition) is 3. The Morgan fingerprint density at radius 3 is 1.48 bits per heavy atom. The summed E-state index contributed by atoms with van der Waals surface area (Å²) in [4.78, 5) is 41.0. The SMILES string of the molecule is COc1ccc(S(=O)(=O)c2ccc(Oc3ccc(C(C)(C)C)cc3CCCNC(=O)C[n+]3ccc(-c4c5nc(c(-c6ccncc6)c6ccc([nH]6)c(-c6ccccc6)c6nc(c(-c7ccncc7)c7ccc4[nH]7)C=C6)C=C5)cc3)cc2)cc1. The van der Waals surface area contributed by atoms with Crippen molar-refractivity contribution in [2.45, 2.75) is 55.4 Å². The number of aryl methyl sites for hydroxylation is 1. The van der Waals surface area contributed by atoms with Gasteiger partial charge in [-0.15, -0.1) is 0 Å². The summed E-state index contributed by atoms with van der Waals surface area (Å²) in [5.74, 6) is 1.63. The van der Waals surface area contributed by atoms with Gasteiger partial charge in [-0.05, 0) is 179 Å². The van der Waals surface area contributed by atoms with Gasteiger partial charge in [0.1, 0.15) is 17.2 Å². The van der Waals surface area contributed by atoms with Crippen LogP contribution in [-0.2, 0) is 33.0 Å². The first-order valence-corrected chi connectivity index (χ1v) is 28.9. The maximum atomic E-state index is 13.6. The molecule has 1 amide bonds. The third-order valence-corrected chi connectivity index (χ3v) is 16.6. The minimum absolute atomic E-state index is 0.110. The quantitative estimate of drug-likeness (QED) is 0.0668. The van der Waals surface area contributed by atoms with Gasteiger partial charge in [0, 0.05) is 87.8 Å². The van der Waals surface area contributed by atoms with Crippen molar-refractivity contribution in [3.63, 3.8) is 0 Å². The highest BCUT2D eigenvalue weighted by Gasteiger charge is 2.23. The molecular weight excluding hydrogens is 1050 g/mol. The molecule has 8 heterocycles. The zero-order chi connectivity index (χ0) is 57.1. The molecule has 6 aromatic heterocycles. The molecule has 2 aliphatic rings. The summed E-state index contributed by atoms with van der Waals surface area (Å²) in [6.07, 6.45) is 20.6. The Kier molecular flexibility index (Phi) is 14.7. The molecule has 2 aliphatic heterocycles. The van der Waals surface area contributed by atoms with Crippen LogP contribution in [0.5, 0.6) is 17.2 Å². The smallest absolute Gasteiger partial charge is 0.285 e. The van der Waals surface area contributed by atoms with E-state index in [9.17, 15) is 13.2 Å². The lowest BCUT2D eigenvalue weighted by atomic mass is 9.85. The first-order chi connectivity index (χ1) is 40.4. The van der Waals surface area contributed by atoms with E-state index in [1.54, 1.807) is 61.2 Å². The predicted molar refractivity (Wildman–Crippen MR) is 328 cm³/mol. The van der Waals surface area contributed by atoms with Gasteiger partial charge in [-0.1, -0.05) is 63.2 Å². The third-order valence-electron chi connectivity index (χ3n) is 14.9. The Balaban J connectivity index is 0.826. The average Bonchev–Trinajstić information content (AvgIpc) is 4.56. The van der Waals surface area contributed by atoms with Gasteiger partial charge in [0.05, 0.1) is 39.7 Å². The molecule has 0 unspecified atom stereocenters. The lowest BCUT2D eigenvalue weighted by Gasteiger charge is -2.21. The number of ether oxygens (including phenoxy) is 2. The van der Waals surface area contributed by atoms with Crippen molar-refractivity contribution < 1.29 is 27.3 Å². The molecule has 13 nitrogen and oxygen atoms in total. The molecule has 0 aliphatic carbocycles. The van der Waals surface area contributed by atoms with Crippen LogP contribution in [0.2, 0.25) is 0 Å². The van der Waals surface area contributed by atoms with Crippen molar-refractivity contribution in [1.29, 1.82) is 0 Å². The van der Waals surface area contributed by atoms with E-state index in [4.69, 9.17) is 19.4 Å². The molecule has 4 aromatic carbocycles. The average molecular weight is 1110 g/mol. The molecule has 14 heteroatoms. The summed E-state index contributed by atoms with van der Waals surface area (Å²) < 4.78 is 40.3. The van der Waals surface area contributed by atoms with Gasteiger partial charge in [-0.3, -0.25) is 14.8 Å². The summed E-state index contributed by atoms with van der Waals surface area (Å²) in [6.45, 7) is 7.06. The second kappa shape index (κ2) is 22.8. The summed E-state index contributed by atoms with van der Waals surface area (Å²) in [5.41, 5.74) is 16.3. The maximum absolute atomic E-state index is 13.6. The number of methoxy groups -OCH3 is 1. The third kappa shape index (κ3) is 11.4. The number of pyridine rings is 3. The molecule has 8 bridgehead atoms. The van der Waals surface area contributed by atoms with Gasteiger partial charge in [0.15, 0.2) is 12.4 Å².